The van der Waals surface area contributed by atoms with E-state index in [4.69, 9.17) is 15.5 Å². The van der Waals surface area contributed by atoms with Crippen LogP contribution in [0.3, 0.4) is 0 Å². The number of hydrogen-bond donors (Lipinski definition) is 3. The highest BCUT2D eigenvalue weighted by Crippen LogP contribution is 2.39. The minimum absolute atomic E-state index is 0.107. The first-order valence-corrected chi connectivity index (χ1v) is 21.5. The number of phenols is 1. The highest BCUT2D eigenvalue weighted by Gasteiger charge is 2.40. The third-order valence-electron chi connectivity index (χ3n) is 13.1. The summed E-state index contributed by atoms with van der Waals surface area (Å²) in [4.78, 5) is 50.2. The van der Waals surface area contributed by atoms with Gasteiger partial charge in [-0.25, -0.2) is 14.2 Å². The highest BCUT2D eigenvalue weighted by atomic mass is 19.1. The summed E-state index contributed by atoms with van der Waals surface area (Å²) in [7, 11) is 0. The van der Waals surface area contributed by atoms with Gasteiger partial charge < -0.3 is 34.8 Å². The molecule has 62 heavy (non-hydrogen) atoms. The zero-order valence-corrected chi connectivity index (χ0v) is 35.4. The average Bonchev–Trinajstić information content (AvgIpc) is 3.59. The van der Waals surface area contributed by atoms with Crippen LogP contribution in [-0.2, 0) is 15.1 Å². The minimum Gasteiger partial charge on any atom is -0.507 e. The first kappa shape index (κ1) is 41.2. The summed E-state index contributed by atoms with van der Waals surface area (Å²) in [5.41, 5.74) is 10.1. The number of ether oxygens (including phenoxy) is 1. The van der Waals surface area contributed by atoms with Crippen molar-refractivity contribution in [2.75, 3.05) is 67.9 Å². The van der Waals surface area contributed by atoms with Crippen LogP contribution in [0.2, 0.25) is 0 Å². The van der Waals surface area contributed by atoms with Gasteiger partial charge in [-0.1, -0.05) is 24.3 Å². The van der Waals surface area contributed by atoms with E-state index in [9.17, 15) is 19.5 Å². The largest absolute Gasteiger partial charge is 0.507 e. The number of likely N-dealkylation sites (tertiary alicyclic amines) is 2. The zero-order valence-electron chi connectivity index (χ0n) is 35.4. The Morgan fingerprint density at radius 1 is 1.02 bits per heavy atom. The third-order valence-corrected chi connectivity index (χ3v) is 13.1. The SMILES string of the molecule is Cc1cn(C2CCN(CC3(F)CCN(C(=O)c4ccc(C5(C)CN(c6cc(-c7ccccc7O)nnc6N)C[C@H](C)O5)cc4)CC3)CC2)c2ncc(N3CCC(=O)NC3=O)cc12. The van der Waals surface area contributed by atoms with Gasteiger partial charge in [-0.15, -0.1) is 10.2 Å². The third kappa shape index (κ3) is 8.04. The van der Waals surface area contributed by atoms with Crippen LogP contribution < -0.4 is 20.9 Å². The number of amides is 4. The number of anilines is 3. The number of benzene rings is 2. The molecule has 4 aliphatic rings. The van der Waals surface area contributed by atoms with Gasteiger partial charge in [-0.05, 0) is 81.1 Å². The molecule has 4 amide bonds. The number of nitrogens with one attached hydrogen (secondary N) is 1. The quantitative estimate of drug-likeness (QED) is 0.168. The lowest BCUT2D eigenvalue weighted by Crippen LogP contribution is -2.52. The van der Waals surface area contributed by atoms with Gasteiger partial charge in [0.25, 0.3) is 5.91 Å². The number of piperidine rings is 2. The van der Waals surface area contributed by atoms with Crippen LogP contribution in [0.25, 0.3) is 22.3 Å². The second kappa shape index (κ2) is 16.3. The molecule has 9 rings (SSSR count). The Hall–Kier alpha value is -6.13. The Morgan fingerprint density at radius 2 is 1.76 bits per heavy atom. The van der Waals surface area contributed by atoms with Gasteiger partial charge >= 0.3 is 6.03 Å². The summed E-state index contributed by atoms with van der Waals surface area (Å²) in [5.74, 6) is 0.00602. The van der Waals surface area contributed by atoms with E-state index < -0.39 is 17.3 Å². The Bertz CT molecular complexity index is 2520. The average molecular weight is 845 g/mol. The molecule has 0 aliphatic carbocycles. The molecular formula is C46H53FN10O5. The number of urea groups is 1. The van der Waals surface area contributed by atoms with Gasteiger partial charge in [0.05, 0.1) is 35.9 Å². The number of halogens is 1. The number of carbonyl (C=O) groups excluding carboxylic acids is 3. The lowest BCUT2D eigenvalue weighted by molar-refractivity contribution is -0.120. The number of aromatic hydroxyl groups is 1. The van der Waals surface area contributed by atoms with Crippen molar-refractivity contribution in [3.8, 4) is 17.0 Å². The van der Waals surface area contributed by atoms with Crippen LogP contribution in [0.15, 0.2) is 73.1 Å². The molecule has 15 nitrogen and oxygen atoms in total. The topological polar surface area (TPSA) is 175 Å². The molecule has 324 valence electrons. The number of aromatic nitrogens is 4. The molecule has 4 fully saturated rings. The Kier molecular flexibility index (Phi) is 10.8. The summed E-state index contributed by atoms with van der Waals surface area (Å²) in [6.07, 6.45) is 6.19. The van der Waals surface area contributed by atoms with E-state index in [0.29, 0.717) is 67.5 Å². The molecule has 0 saturated carbocycles. The van der Waals surface area contributed by atoms with Gasteiger partial charge in [-0.3, -0.25) is 19.8 Å². The molecule has 7 heterocycles. The number of fused-ring (bicyclic) bond motifs is 1. The smallest absolute Gasteiger partial charge is 0.328 e. The summed E-state index contributed by atoms with van der Waals surface area (Å²) in [5, 5.41) is 22.2. The van der Waals surface area contributed by atoms with Crippen LogP contribution in [0.1, 0.15) is 73.5 Å². The van der Waals surface area contributed by atoms with Crippen molar-refractivity contribution in [2.24, 2.45) is 0 Å². The van der Waals surface area contributed by atoms with E-state index in [2.05, 4.69) is 36.1 Å². The van der Waals surface area contributed by atoms with Crippen molar-refractivity contribution in [3.05, 3.63) is 89.7 Å². The van der Waals surface area contributed by atoms with E-state index in [-0.39, 0.29) is 54.8 Å². The number of rotatable bonds is 8. The summed E-state index contributed by atoms with van der Waals surface area (Å²) in [6.45, 7) is 9.99. The van der Waals surface area contributed by atoms with Gasteiger partial charge in [0, 0.05) is 93.8 Å². The first-order chi connectivity index (χ1) is 29.8. The molecule has 4 saturated heterocycles. The molecule has 5 aromatic rings. The molecule has 2 aromatic carbocycles. The van der Waals surface area contributed by atoms with Crippen molar-refractivity contribution in [1.82, 2.24) is 34.9 Å². The predicted octanol–water partition coefficient (Wildman–Crippen LogP) is 5.96. The maximum absolute atomic E-state index is 16.4. The number of para-hydroxylation sites is 1. The number of morpholine rings is 1. The number of aryl methyl sites for hydroxylation is 1. The standard InChI is InChI=1S/C46H53FN10O5/c1-29-25-57(42-36(29)22-34(24-49-42)56-19-14-40(59)50-44(56)61)33-12-17-53(18-13-33)28-46(47)15-20-54(21-16-46)43(60)31-8-10-32(11-9-31)45(3)27-55(26-30(2)62-45)38-23-37(51-52-41(38)48)35-6-4-5-7-39(35)58/h4-11,22-25,30,33,58H,12-21,26-28H2,1-3H3,(H2,48,52)(H,50,59,61)/t30-,45?/m0/s1. The van der Waals surface area contributed by atoms with Crippen molar-refractivity contribution >= 4 is 46.1 Å². The molecular weight excluding hydrogens is 792 g/mol. The summed E-state index contributed by atoms with van der Waals surface area (Å²) >= 11 is 0. The molecule has 4 N–H and O–H groups in total. The van der Waals surface area contributed by atoms with Crippen LogP contribution in [0, 0.1) is 6.92 Å². The number of nitrogens with zero attached hydrogens (tertiary/aromatic N) is 8. The molecule has 0 bridgehead atoms. The number of nitrogen functional groups attached to an aromatic ring is 1. The van der Waals surface area contributed by atoms with E-state index in [1.54, 1.807) is 34.2 Å². The fraction of sp³-hybridized carbons (Fsp3) is 0.435. The minimum atomic E-state index is -1.38. The maximum Gasteiger partial charge on any atom is 0.328 e. The zero-order chi connectivity index (χ0) is 43.3. The molecule has 1 unspecified atom stereocenters. The summed E-state index contributed by atoms with van der Waals surface area (Å²) < 4.78 is 25.2. The van der Waals surface area contributed by atoms with E-state index in [1.165, 1.54) is 0 Å². The first-order valence-electron chi connectivity index (χ1n) is 21.5. The van der Waals surface area contributed by atoms with Gasteiger partial charge in [0.2, 0.25) is 5.91 Å². The normalized spacial score (nSPS) is 22.6. The van der Waals surface area contributed by atoms with Crippen molar-refractivity contribution in [3.63, 3.8) is 0 Å². The second-order valence-electron chi connectivity index (χ2n) is 17.6. The lowest BCUT2D eigenvalue weighted by atomic mass is 9.90. The monoisotopic (exact) mass is 844 g/mol. The van der Waals surface area contributed by atoms with Gasteiger partial charge in [-0.2, -0.15) is 0 Å². The van der Waals surface area contributed by atoms with E-state index in [0.717, 1.165) is 48.1 Å². The van der Waals surface area contributed by atoms with Gasteiger partial charge in [0.15, 0.2) is 5.82 Å². The number of carbonyl (C=O) groups is 3. The molecule has 2 atom stereocenters. The van der Waals surface area contributed by atoms with Crippen molar-refractivity contribution < 1.29 is 28.6 Å². The Balaban J connectivity index is 0.788. The molecule has 0 spiro atoms. The van der Waals surface area contributed by atoms with Gasteiger partial charge in [0.1, 0.15) is 22.7 Å². The fourth-order valence-corrected chi connectivity index (χ4v) is 9.76. The molecule has 0 radical (unpaired) electrons. The van der Waals surface area contributed by atoms with Crippen LogP contribution in [-0.4, -0.2) is 117 Å². The lowest BCUT2D eigenvalue weighted by Gasteiger charge is -2.45. The number of alkyl halides is 1. The van der Waals surface area contributed by atoms with E-state index in [1.807, 2.05) is 63.2 Å². The Labute approximate surface area is 359 Å². The van der Waals surface area contributed by atoms with E-state index >= 15 is 4.39 Å². The Morgan fingerprint density at radius 3 is 2.48 bits per heavy atom. The van der Waals surface area contributed by atoms with Crippen LogP contribution >= 0.6 is 0 Å². The summed E-state index contributed by atoms with van der Waals surface area (Å²) in [6, 6.07) is 18.1. The van der Waals surface area contributed by atoms with Crippen LogP contribution in [0.5, 0.6) is 5.75 Å². The maximum atomic E-state index is 16.4. The van der Waals surface area contributed by atoms with Crippen LogP contribution in [0.4, 0.5) is 26.4 Å². The molecule has 16 heteroatoms. The molecule has 3 aromatic heterocycles. The highest BCUT2D eigenvalue weighted by molar-refractivity contribution is 6.06. The predicted molar refractivity (Wildman–Crippen MR) is 234 cm³/mol. The van der Waals surface area contributed by atoms with Crippen molar-refractivity contribution in [2.45, 2.75) is 76.3 Å². The molecule has 4 aliphatic heterocycles. The number of nitrogens with two attached hydrogens (primary N) is 1. The number of phenolic OH excluding ortho intramolecular Hbond substituents is 1. The second-order valence-corrected chi connectivity index (χ2v) is 17.6. The fourth-order valence-electron chi connectivity index (χ4n) is 9.76. The van der Waals surface area contributed by atoms with Crippen molar-refractivity contribution in [1.29, 1.82) is 0 Å². The number of imide groups is 1. The number of pyridine rings is 1. The number of hydrogen-bond acceptors (Lipinski definition) is 11.